The number of carbonyl (C=O) groups excluding carboxylic acids is 1. The Labute approximate surface area is 147 Å². The molecule has 1 atom stereocenters. The van der Waals surface area contributed by atoms with Gasteiger partial charge >= 0.3 is 0 Å². The van der Waals surface area contributed by atoms with Crippen LogP contribution in [0.15, 0.2) is 24.3 Å². The molecule has 1 aliphatic heterocycles. The molecule has 140 valence electrons. The molecule has 2 N–H and O–H groups in total. The number of nitrogens with one attached hydrogen (secondary N) is 2. The number of halogens is 2. The van der Waals surface area contributed by atoms with E-state index in [4.69, 9.17) is 4.74 Å². The summed E-state index contributed by atoms with van der Waals surface area (Å²) in [5.41, 5.74) is 0.897. The summed E-state index contributed by atoms with van der Waals surface area (Å²) >= 11 is 0. The SMILES string of the molecule is CCN(CC)CCOc1ccc(CNC(=O)C2CC(F)(F)CN2)cc1. The zero-order valence-electron chi connectivity index (χ0n) is 14.9. The number of nitrogens with zero attached hydrogens (tertiary/aromatic N) is 1. The predicted molar refractivity (Wildman–Crippen MR) is 92.9 cm³/mol. The van der Waals surface area contributed by atoms with Crippen LogP contribution in [0.25, 0.3) is 0 Å². The van der Waals surface area contributed by atoms with Gasteiger partial charge in [-0.3, -0.25) is 10.1 Å². The number of hydrogen-bond acceptors (Lipinski definition) is 4. The average Bonchev–Trinajstić information content (AvgIpc) is 2.98. The van der Waals surface area contributed by atoms with Gasteiger partial charge in [0.15, 0.2) is 0 Å². The molecule has 0 bridgehead atoms. The van der Waals surface area contributed by atoms with Gasteiger partial charge in [-0.25, -0.2) is 8.78 Å². The van der Waals surface area contributed by atoms with Crippen LogP contribution in [-0.2, 0) is 11.3 Å². The van der Waals surface area contributed by atoms with Crippen molar-refractivity contribution >= 4 is 5.91 Å². The van der Waals surface area contributed by atoms with Crippen LogP contribution in [0.4, 0.5) is 8.78 Å². The maximum atomic E-state index is 13.1. The third-order valence-electron chi connectivity index (χ3n) is 4.39. The topological polar surface area (TPSA) is 53.6 Å². The molecule has 1 unspecified atom stereocenters. The second kappa shape index (κ2) is 9.10. The van der Waals surface area contributed by atoms with E-state index < -0.39 is 30.8 Å². The molecule has 1 aromatic carbocycles. The fraction of sp³-hybridized carbons (Fsp3) is 0.611. The highest BCUT2D eigenvalue weighted by Gasteiger charge is 2.42. The van der Waals surface area contributed by atoms with Crippen LogP contribution in [0.5, 0.6) is 5.75 Å². The summed E-state index contributed by atoms with van der Waals surface area (Å²) in [6, 6.07) is 6.61. The third-order valence-corrected chi connectivity index (χ3v) is 4.39. The second-order valence-electron chi connectivity index (χ2n) is 6.23. The summed E-state index contributed by atoms with van der Waals surface area (Å²) in [4.78, 5) is 14.2. The number of likely N-dealkylation sites (N-methyl/N-ethyl adjacent to an activating group) is 1. The largest absolute Gasteiger partial charge is 0.492 e. The molecule has 0 aromatic heterocycles. The number of benzene rings is 1. The molecule has 0 aliphatic carbocycles. The van der Waals surface area contributed by atoms with Crippen LogP contribution < -0.4 is 15.4 Å². The minimum Gasteiger partial charge on any atom is -0.492 e. The van der Waals surface area contributed by atoms with Crippen LogP contribution in [-0.4, -0.2) is 55.6 Å². The molecule has 1 aliphatic rings. The van der Waals surface area contributed by atoms with Crippen molar-refractivity contribution < 1.29 is 18.3 Å². The van der Waals surface area contributed by atoms with E-state index in [1.165, 1.54) is 0 Å². The van der Waals surface area contributed by atoms with E-state index in [2.05, 4.69) is 29.4 Å². The monoisotopic (exact) mass is 355 g/mol. The fourth-order valence-electron chi connectivity index (χ4n) is 2.75. The van der Waals surface area contributed by atoms with Gasteiger partial charge in [-0.05, 0) is 30.8 Å². The van der Waals surface area contributed by atoms with E-state index in [1.807, 2.05) is 24.3 Å². The van der Waals surface area contributed by atoms with Crippen LogP contribution >= 0.6 is 0 Å². The lowest BCUT2D eigenvalue weighted by molar-refractivity contribution is -0.123. The minimum atomic E-state index is -2.80. The van der Waals surface area contributed by atoms with Crippen molar-refractivity contribution in [3.63, 3.8) is 0 Å². The average molecular weight is 355 g/mol. The summed E-state index contributed by atoms with van der Waals surface area (Å²) < 4.78 is 31.9. The highest BCUT2D eigenvalue weighted by atomic mass is 19.3. The molecule has 0 spiro atoms. The van der Waals surface area contributed by atoms with Crippen LogP contribution in [0, 0.1) is 0 Å². The zero-order chi connectivity index (χ0) is 18.3. The Balaban J connectivity index is 1.72. The number of carbonyl (C=O) groups is 1. The molecule has 2 rings (SSSR count). The van der Waals surface area contributed by atoms with Crippen molar-refractivity contribution in [2.45, 2.75) is 38.8 Å². The Bertz CT molecular complexity index is 548. The number of alkyl halides is 2. The van der Waals surface area contributed by atoms with E-state index in [-0.39, 0.29) is 0 Å². The second-order valence-corrected chi connectivity index (χ2v) is 6.23. The van der Waals surface area contributed by atoms with Gasteiger partial charge in [0.1, 0.15) is 12.4 Å². The lowest BCUT2D eigenvalue weighted by Crippen LogP contribution is -2.40. The summed E-state index contributed by atoms with van der Waals surface area (Å²) in [7, 11) is 0. The maximum absolute atomic E-state index is 13.1. The molecule has 0 radical (unpaired) electrons. The minimum absolute atomic E-state index is 0.308. The summed E-state index contributed by atoms with van der Waals surface area (Å²) in [5, 5.41) is 5.24. The third kappa shape index (κ3) is 6.25. The molecular weight excluding hydrogens is 328 g/mol. The Morgan fingerprint density at radius 3 is 2.56 bits per heavy atom. The van der Waals surface area contributed by atoms with E-state index in [0.717, 1.165) is 30.9 Å². The van der Waals surface area contributed by atoms with Gasteiger partial charge in [0.2, 0.25) is 5.91 Å². The Morgan fingerprint density at radius 1 is 1.32 bits per heavy atom. The predicted octanol–water partition coefficient (Wildman–Crippen LogP) is 2.02. The normalized spacial score (nSPS) is 19.2. The van der Waals surface area contributed by atoms with E-state index in [1.54, 1.807) is 0 Å². The van der Waals surface area contributed by atoms with Gasteiger partial charge in [0.25, 0.3) is 5.92 Å². The summed E-state index contributed by atoms with van der Waals surface area (Å²) in [6.45, 7) is 7.61. The number of amides is 1. The Hall–Kier alpha value is -1.73. The van der Waals surface area contributed by atoms with Crippen LogP contribution in [0.1, 0.15) is 25.8 Å². The lowest BCUT2D eigenvalue weighted by Gasteiger charge is -2.18. The van der Waals surface area contributed by atoms with Crippen LogP contribution in [0.3, 0.4) is 0 Å². The standard InChI is InChI=1S/C18H27F2N3O2/c1-3-23(4-2)9-10-25-15-7-5-14(6-8-15)12-21-17(24)16-11-18(19,20)13-22-16/h5-8,16,22H,3-4,9-13H2,1-2H3,(H,21,24). The van der Waals surface area contributed by atoms with Crippen molar-refractivity contribution in [3.8, 4) is 5.75 Å². The van der Waals surface area contributed by atoms with Crippen molar-refractivity contribution in [1.82, 2.24) is 15.5 Å². The first-order valence-electron chi connectivity index (χ1n) is 8.76. The van der Waals surface area contributed by atoms with Crippen molar-refractivity contribution in [2.24, 2.45) is 0 Å². The molecule has 5 nitrogen and oxygen atoms in total. The lowest BCUT2D eigenvalue weighted by atomic mass is 10.1. The summed E-state index contributed by atoms with van der Waals surface area (Å²) in [6.07, 6.45) is -0.446. The quantitative estimate of drug-likeness (QED) is 0.712. The van der Waals surface area contributed by atoms with Gasteiger partial charge in [-0.1, -0.05) is 26.0 Å². The zero-order valence-corrected chi connectivity index (χ0v) is 14.9. The van der Waals surface area contributed by atoms with Gasteiger partial charge in [0, 0.05) is 19.5 Å². The molecule has 1 amide bonds. The molecule has 1 fully saturated rings. The molecule has 7 heteroatoms. The first kappa shape index (κ1) is 19.6. The maximum Gasteiger partial charge on any atom is 0.262 e. The van der Waals surface area contributed by atoms with E-state index in [9.17, 15) is 13.6 Å². The molecule has 0 saturated carbocycles. The smallest absolute Gasteiger partial charge is 0.262 e. The van der Waals surface area contributed by atoms with Crippen molar-refractivity contribution in [2.75, 3.05) is 32.8 Å². The molecule has 1 aromatic rings. The number of ether oxygens (including phenoxy) is 1. The van der Waals surface area contributed by atoms with Gasteiger partial charge in [-0.2, -0.15) is 0 Å². The summed E-state index contributed by atoms with van der Waals surface area (Å²) in [5.74, 6) is -2.41. The molecule has 25 heavy (non-hydrogen) atoms. The van der Waals surface area contributed by atoms with Gasteiger partial charge in [0.05, 0.1) is 12.6 Å². The van der Waals surface area contributed by atoms with Crippen molar-refractivity contribution in [3.05, 3.63) is 29.8 Å². The molecular formula is C18H27F2N3O2. The highest BCUT2D eigenvalue weighted by molar-refractivity contribution is 5.82. The highest BCUT2D eigenvalue weighted by Crippen LogP contribution is 2.25. The first-order valence-corrected chi connectivity index (χ1v) is 8.76. The van der Waals surface area contributed by atoms with Crippen molar-refractivity contribution in [1.29, 1.82) is 0 Å². The van der Waals surface area contributed by atoms with Crippen LogP contribution in [0.2, 0.25) is 0 Å². The first-order chi connectivity index (χ1) is 11.9. The number of hydrogen-bond donors (Lipinski definition) is 2. The molecule has 1 heterocycles. The molecule has 1 saturated heterocycles. The van der Waals surface area contributed by atoms with Gasteiger partial charge in [-0.15, -0.1) is 0 Å². The Morgan fingerprint density at radius 2 is 2.00 bits per heavy atom. The Kier molecular flexibility index (Phi) is 7.13. The fourth-order valence-corrected chi connectivity index (χ4v) is 2.75. The number of rotatable bonds is 9. The van der Waals surface area contributed by atoms with Gasteiger partial charge < -0.3 is 15.0 Å². The van der Waals surface area contributed by atoms with E-state index >= 15 is 0 Å². The van der Waals surface area contributed by atoms with E-state index in [0.29, 0.717) is 13.2 Å².